The van der Waals surface area contributed by atoms with E-state index in [0.717, 1.165) is 12.0 Å². The Balaban J connectivity index is 1.42. The van der Waals surface area contributed by atoms with Crippen molar-refractivity contribution in [3.8, 4) is 0 Å². The largest absolute Gasteiger partial charge is 0.343 e. The van der Waals surface area contributed by atoms with E-state index in [1.54, 1.807) is 12.1 Å². The average Bonchev–Trinajstić information content (AvgIpc) is 3.00. The van der Waals surface area contributed by atoms with Crippen molar-refractivity contribution in [2.45, 2.75) is 12.5 Å². The fourth-order valence-corrected chi connectivity index (χ4v) is 2.99. The van der Waals surface area contributed by atoms with E-state index in [-0.39, 0.29) is 24.3 Å². The number of nitrogens with one attached hydrogen (secondary N) is 3. The van der Waals surface area contributed by atoms with Gasteiger partial charge in [0.05, 0.1) is 12.6 Å². The molecule has 1 aromatic rings. The van der Waals surface area contributed by atoms with Gasteiger partial charge in [0.2, 0.25) is 0 Å². The lowest BCUT2D eigenvalue weighted by Crippen LogP contribution is -2.38. The summed E-state index contributed by atoms with van der Waals surface area (Å²) in [5, 5.41) is 2.69. The second-order valence-electron chi connectivity index (χ2n) is 5.58. The second kappa shape index (κ2) is 4.56. The molecule has 3 N–H and O–H groups in total. The van der Waals surface area contributed by atoms with Gasteiger partial charge in [0.1, 0.15) is 5.70 Å². The predicted molar refractivity (Wildman–Crippen MR) is 77.1 cm³/mol. The Hall–Kier alpha value is -2.40. The number of rotatable bonds is 4. The molecule has 0 radical (unpaired) electrons. The normalized spacial score (nSPS) is 24.9. The Labute approximate surface area is 122 Å². The topological polar surface area (TPSA) is 70.2 Å². The van der Waals surface area contributed by atoms with Gasteiger partial charge in [0.25, 0.3) is 5.91 Å². The first-order chi connectivity index (χ1) is 10.2. The van der Waals surface area contributed by atoms with Crippen LogP contribution in [-0.2, 0) is 4.79 Å². The van der Waals surface area contributed by atoms with Crippen LogP contribution < -0.4 is 16.2 Å². The van der Waals surface area contributed by atoms with Crippen molar-refractivity contribution in [1.29, 1.82) is 0 Å². The molecule has 2 unspecified atom stereocenters. The van der Waals surface area contributed by atoms with Crippen LogP contribution in [0.1, 0.15) is 16.8 Å². The number of hydrogen-bond donors (Lipinski definition) is 3. The van der Waals surface area contributed by atoms with E-state index < -0.39 is 0 Å². The summed E-state index contributed by atoms with van der Waals surface area (Å²) in [5.41, 5.74) is 9.66. The molecule has 4 rings (SSSR count). The highest BCUT2D eigenvalue weighted by Gasteiger charge is 2.48. The Kier molecular flexibility index (Phi) is 2.68. The van der Waals surface area contributed by atoms with Gasteiger partial charge in [0, 0.05) is 17.1 Å². The molecular weight excluding hydrogens is 266 g/mol. The van der Waals surface area contributed by atoms with Crippen LogP contribution in [0.2, 0.25) is 0 Å². The van der Waals surface area contributed by atoms with Crippen molar-refractivity contribution in [2.75, 3.05) is 6.54 Å². The minimum atomic E-state index is -0.234. The highest BCUT2D eigenvalue weighted by atomic mass is 16.2. The number of fused-ring (bicyclic) bond motifs is 3. The summed E-state index contributed by atoms with van der Waals surface area (Å²) in [5.74, 6) is 0.232. The number of carbonyl (C=O) groups excluding carboxylic acids is 2. The predicted octanol–water partition coefficient (Wildman–Crippen LogP) is 0.676. The number of hydrogen-bond acceptors (Lipinski definition) is 4. The van der Waals surface area contributed by atoms with Crippen molar-refractivity contribution in [3.63, 3.8) is 0 Å². The first-order valence-electron chi connectivity index (χ1n) is 7.06. The summed E-state index contributed by atoms with van der Waals surface area (Å²) >= 11 is 0. The van der Waals surface area contributed by atoms with Gasteiger partial charge in [-0.05, 0) is 6.42 Å². The monoisotopic (exact) mass is 281 g/mol. The number of ketones is 1. The Morgan fingerprint density at radius 1 is 1.24 bits per heavy atom. The molecule has 5 heteroatoms. The molecule has 0 spiro atoms. The Bertz CT molecular complexity index is 691. The third-order valence-corrected chi connectivity index (χ3v) is 4.22. The highest BCUT2D eigenvalue weighted by molar-refractivity contribution is 6.02. The summed E-state index contributed by atoms with van der Waals surface area (Å²) in [4.78, 5) is 24.2. The van der Waals surface area contributed by atoms with Crippen LogP contribution in [0.4, 0.5) is 0 Å². The van der Waals surface area contributed by atoms with Gasteiger partial charge in [-0.2, -0.15) is 0 Å². The number of carbonyl (C=O) groups is 2. The zero-order valence-corrected chi connectivity index (χ0v) is 11.3. The molecule has 0 saturated heterocycles. The van der Waals surface area contributed by atoms with Gasteiger partial charge in [-0.15, -0.1) is 0 Å². The lowest BCUT2D eigenvalue weighted by atomic mass is 10.1. The lowest BCUT2D eigenvalue weighted by molar-refractivity contribution is -0.117. The fourth-order valence-electron chi connectivity index (χ4n) is 2.99. The molecule has 1 aromatic carbocycles. The third-order valence-electron chi connectivity index (χ3n) is 4.22. The minimum Gasteiger partial charge on any atom is -0.343 e. The van der Waals surface area contributed by atoms with Gasteiger partial charge in [0.15, 0.2) is 5.78 Å². The molecule has 2 atom stereocenters. The number of hydrazine groups is 1. The molecule has 0 bridgehead atoms. The van der Waals surface area contributed by atoms with Crippen molar-refractivity contribution in [3.05, 3.63) is 58.8 Å². The van der Waals surface area contributed by atoms with Crippen LogP contribution in [0.3, 0.4) is 0 Å². The summed E-state index contributed by atoms with van der Waals surface area (Å²) in [7, 11) is 0. The van der Waals surface area contributed by atoms with E-state index in [1.165, 1.54) is 5.57 Å². The molecule has 3 aliphatic rings. The number of amides is 1. The smallest absolute Gasteiger partial charge is 0.269 e. The van der Waals surface area contributed by atoms with Crippen LogP contribution in [0.25, 0.3) is 0 Å². The Morgan fingerprint density at radius 3 is 2.86 bits per heavy atom. The highest BCUT2D eigenvalue weighted by Crippen LogP contribution is 2.50. The Morgan fingerprint density at radius 2 is 2.05 bits per heavy atom. The molecule has 21 heavy (non-hydrogen) atoms. The van der Waals surface area contributed by atoms with E-state index in [2.05, 4.69) is 22.2 Å². The van der Waals surface area contributed by atoms with Crippen LogP contribution in [0, 0.1) is 5.92 Å². The van der Waals surface area contributed by atoms with Crippen LogP contribution in [0.5, 0.6) is 0 Å². The third kappa shape index (κ3) is 2.06. The van der Waals surface area contributed by atoms with Crippen molar-refractivity contribution < 1.29 is 9.59 Å². The molecule has 1 heterocycles. The number of benzene rings is 1. The van der Waals surface area contributed by atoms with E-state index >= 15 is 0 Å². The molecule has 1 amide bonds. The van der Waals surface area contributed by atoms with Crippen molar-refractivity contribution in [2.24, 2.45) is 5.92 Å². The minimum absolute atomic E-state index is 0.00593. The van der Waals surface area contributed by atoms with Crippen LogP contribution >= 0.6 is 0 Å². The molecule has 1 saturated carbocycles. The van der Waals surface area contributed by atoms with Gasteiger partial charge < -0.3 is 10.7 Å². The molecule has 0 aromatic heterocycles. The molecule has 106 valence electrons. The van der Waals surface area contributed by atoms with E-state index in [1.807, 2.05) is 18.2 Å². The van der Waals surface area contributed by atoms with Crippen molar-refractivity contribution >= 4 is 11.7 Å². The lowest BCUT2D eigenvalue weighted by Gasteiger charge is -2.07. The molecule has 2 aliphatic carbocycles. The second-order valence-corrected chi connectivity index (χ2v) is 5.58. The molecule has 1 fully saturated rings. The van der Waals surface area contributed by atoms with E-state index in [9.17, 15) is 9.59 Å². The quantitative estimate of drug-likeness (QED) is 0.710. The van der Waals surface area contributed by atoms with Crippen LogP contribution in [0.15, 0.2) is 53.3 Å². The molecule has 1 aliphatic heterocycles. The van der Waals surface area contributed by atoms with Gasteiger partial charge >= 0.3 is 0 Å². The first-order valence-corrected chi connectivity index (χ1v) is 7.06. The summed E-state index contributed by atoms with van der Waals surface area (Å²) < 4.78 is 0. The summed E-state index contributed by atoms with van der Waals surface area (Å²) in [6.45, 7) is 0.00593. The van der Waals surface area contributed by atoms with Gasteiger partial charge in [-0.1, -0.05) is 42.0 Å². The van der Waals surface area contributed by atoms with E-state index in [0.29, 0.717) is 17.2 Å². The van der Waals surface area contributed by atoms with Crippen molar-refractivity contribution in [1.82, 2.24) is 16.2 Å². The van der Waals surface area contributed by atoms with Crippen LogP contribution in [-0.4, -0.2) is 24.3 Å². The maximum atomic E-state index is 12.2. The van der Waals surface area contributed by atoms with E-state index in [4.69, 9.17) is 0 Å². The first kappa shape index (κ1) is 12.3. The van der Waals surface area contributed by atoms with Gasteiger partial charge in [-0.25, -0.2) is 5.43 Å². The molecule has 5 nitrogen and oxygen atoms in total. The maximum absolute atomic E-state index is 12.2. The number of Topliss-reactive ketones (excluding diaryl/α,β-unsaturated/α-hetero) is 1. The standard InChI is InChI=1S/C16H15N3O2/c20-13(9-4-2-1-3-5-9)8-17-16(21)15-12-7-10-6-11(10)14(12)18-19-15/h1-5,7,11,14,18-19H,6,8H2,(H,17,21). The average molecular weight is 281 g/mol. The zero-order valence-electron chi connectivity index (χ0n) is 11.3. The summed E-state index contributed by atoms with van der Waals surface area (Å²) in [6, 6.07) is 9.20. The summed E-state index contributed by atoms with van der Waals surface area (Å²) in [6.07, 6.45) is 3.22. The zero-order chi connectivity index (χ0) is 14.4. The SMILES string of the molecule is O=C(NCC(=O)c1ccccc1)C1=C2C=C3CC3C2NN1. The van der Waals surface area contributed by atoms with Gasteiger partial charge in [-0.3, -0.25) is 9.59 Å². The molecular formula is C16H15N3O2. The maximum Gasteiger partial charge on any atom is 0.269 e. The fraction of sp³-hybridized carbons (Fsp3) is 0.250.